The highest BCUT2D eigenvalue weighted by Gasteiger charge is 2.20. The van der Waals surface area contributed by atoms with E-state index in [0.717, 1.165) is 0 Å². The number of rotatable bonds is 1. The molecule has 2 heterocycles. The molecule has 118 valence electrons. The molecule has 1 aromatic heterocycles. The second-order valence-corrected chi connectivity index (χ2v) is 7.87. The fourth-order valence-corrected chi connectivity index (χ4v) is 4.91. The molecule has 1 aliphatic heterocycles. The first-order chi connectivity index (χ1) is 10.4. The van der Waals surface area contributed by atoms with Crippen LogP contribution in [-0.2, 0) is 12.8 Å². The van der Waals surface area contributed by atoms with Crippen LogP contribution in [0.25, 0.3) is 0 Å². The van der Waals surface area contributed by atoms with Gasteiger partial charge < -0.3 is 5.32 Å². The van der Waals surface area contributed by atoms with Crippen LogP contribution in [0.15, 0.2) is 0 Å². The molecule has 1 fully saturated rings. The molecule has 0 radical (unpaired) electrons. The maximum Gasteiger partial charge on any atom is 0.110 e. The fourth-order valence-electron chi connectivity index (χ4n) is 3.64. The molecule has 3 heteroatoms. The molecule has 21 heavy (non-hydrogen) atoms. The highest BCUT2D eigenvalue weighted by Crippen LogP contribution is 2.31. The Bertz CT molecular complexity index is 391. The number of thiazole rings is 1. The topological polar surface area (TPSA) is 24.9 Å². The van der Waals surface area contributed by atoms with Gasteiger partial charge >= 0.3 is 0 Å². The van der Waals surface area contributed by atoms with Gasteiger partial charge in [0.15, 0.2) is 0 Å². The van der Waals surface area contributed by atoms with Crippen LogP contribution in [-0.4, -0.2) is 11.5 Å². The molecule has 0 amide bonds. The summed E-state index contributed by atoms with van der Waals surface area (Å²) >= 11 is 2.02. The van der Waals surface area contributed by atoms with Crippen molar-refractivity contribution < 1.29 is 0 Å². The average molecular weight is 307 g/mol. The molecule has 3 rings (SSSR count). The molecule has 0 spiro atoms. The highest BCUT2D eigenvalue weighted by molar-refractivity contribution is 7.11. The Hall–Kier alpha value is -0.410. The summed E-state index contributed by atoms with van der Waals surface area (Å²) in [6.45, 7) is 1.18. The predicted octanol–water partition coefficient (Wildman–Crippen LogP) is 5.18. The Labute approximate surface area is 133 Å². The summed E-state index contributed by atoms with van der Waals surface area (Å²) in [6.07, 6.45) is 17.8. The van der Waals surface area contributed by atoms with Gasteiger partial charge in [0.05, 0.1) is 11.7 Å². The summed E-state index contributed by atoms with van der Waals surface area (Å²) in [5.74, 6) is 0. The van der Waals surface area contributed by atoms with Crippen LogP contribution in [0.4, 0.5) is 0 Å². The van der Waals surface area contributed by atoms with Crippen molar-refractivity contribution in [1.29, 1.82) is 0 Å². The van der Waals surface area contributed by atoms with Gasteiger partial charge in [-0.15, -0.1) is 11.3 Å². The lowest BCUT2D eigenvalue weighted by Crippen LogP contribution is -2.26. The summed E-state index contributed by atoms with van der Waals surface area (Å²) in [6, 6.07) is 0.548. The van der Waals surface area contributed by atoms with Gasteiger partial charge in [-0.25, -0.2) is 4.98 Å². The van der Waals surface area contributed by atoms with E-state index in [2.05, 4.69) is 5.32 Å². The third-order valence-electron chi connectivity index (χ3n) is 4.97. The third-order valence-corrected chi connectivity index (χ3v) is 6.24. The zero-order chi connectivity index (χ0) is 14.3. The van der Waals surface area contributed by atoms with Gasteiger partial charge in [0.25, 0.3) is 0 Å². The summed E-state index contributed by atoms with van der Waals surface area (Å²) < 4.78 is 0. The number of hydrogen-bond donors (Lipinski definition) is 1. The predicted molar refractivity (Wildman–Crippen MR) is 91.1 cm³/mol. The molecule has 0 bridgehead atoms. The van der Waals surface area contributed by atoms with Crippen LogP contribution in [0.1, 0.15) is 92.2 Å². The van der Waals surface area contributed by atoms with Crippen LogP contribution < -0.4 is 5.32 Å². The van der Waals surface area contributed by atoms with E-state index in [1.807, 2.05) is 11.3 Å². The Kier molecular flexibility index (Phi) is 6.11. The van der Waals surface area contributed by atoms with Gasteiger partial charge in [-0.05, 0) is 45.1 Å². The molecule has 1 atom stereocenters. The van der Waals surface area contributed by atoms with Gasteiger partial charge in [0, 0.05) is 4.88 Å². The van der Waals surface area contributed by atoms with E-state index in [0.29, 0.717) is 6.04 Å². The lowest BCUT2D eigenvalue weighted by atomic mass is 10.0. The van der Waals surface area contributed by atoms with E-state index >= 15 is 0 Å². The average Bonchev–Trinajstić information content (AvgIpc) is 2.91. The van der Waals surface area contributed by atoms with E-state index < -0.39 is 0 Å². The first kappa shape index (κ1) is 15.5. The highest BCUT2D eigenvalue weighted by atomic mass is 32.1. The molecule has 1 aliphatic carbocycles. The number of nitrogens with one attached hydrogen (secondary N) is 1. The summed E-state index contributed by atoms with van der Waals surface area (Å²) in [4.78, 5) is 6.67. The molecule has 2 nitrogen and oxygen atoms in total. The minimum Gasteiger partial charge on any atom is -0.308 e. The van der Waals surface area contributed by atoms with Crippen molar-refractivity contribution in [2.45, 2.75) is 89.5 Å². The van der Waals surface area contributed by atoms with Crippen LogP contribution in [0, 0.1) is 0 Å². The van der Waals surface area contributed by atoms with Crippen molar-refractivity contribution in [1.82, 2.24) is 10.3 Å². The molecule has 0 aromatic carbocycles. The third kappa shape index (κ3) is 4.53. The van der Waals surface area contributed by atoms with Crippen molar-refractivity contribution in [3.63, 3.8) is 0 Å². The second-order valence-electron chi connectivity index (χ2n) is 6.75. The first-order valence-electron chi connectivity index (χ1n) is 9.15. The molecule has 0 saturated carbocycles. The van der Waals surface area contributed by atoms with E-state index in [4.69, 9.17) is 4.98 Å². The second kappa shape index (κ2) is 8.28. The number of piperidine rings is 1. The van der Waals surface area contributed by atoms with Crippen molar-refractivity contribution in [3.8, 4) is 0 Å². The zero-order valence-electron chi connectivity index (χ0n) is 13.3. The van der Waals surface area contributed by atoms with Crippen LogP contribution >= 0.6 is 11.3 Å². The first-order valence-corrected chi connectivity index (χ1v) is 9.97. The Morgan fingerprint density at radius 3 is 2.24 bits per heavy atom. The summed E-state index contributed by atoms with van der Waals surface area (Å²) in [7, 11) is 0. The quantitative estimate of drug-likeness (QED) is 0.773. The van der Waals surface area contributed by atoms with Crippen LogP contribution in [0.3, 0.4) is 0 Å². The Balaban J connectivity index is 1.69. The number of fused-ring (bicyclic) bond motifs is 1. The van der Waals surface area contributed by atoms with Crippen molar-refractivity contribution in [3.05, 3.63) is 15.6 Å². The monoisotopic (exact) mass is 306 g/mol. The van der Waals surface area contributed by atoms with E-state index in [1.54, 1.807) is 4.88 Å². The number of aromatic nitrogens is 1. The van der Waals surface area contributed by atoms with Crippen molar-refractivity contribution >= 4 is 11.3 Å². The molecule has 1 saturated heterocycles. The largest absolute Gasteiger partial charge is 0.308 e. The van der Waals surface area contributed by atoms with Crippen LogP contribution in [0.2, 0.25) is 0 Å². The van der Waals surface area contributed by atoms with Gasteiger partial charge in [0.2, 0.25) is 0 Å². The fraction of sp³-hybridized carbons (Fsp3) is 0.833. The van der Waals surface area contributed by atoms with Crippen molar-refractivity contribution in [2.24, 2.45) is 0 Å². The maximum atomic E-state index is 5.06. The molecule has 1 N–H and O–H groups in total. The maximum absolute atomic E-state index is 5.06. The van der Waals surface area contributed by atoms with Gasteiger partial charge in [0.1, 0.15) is 5.01 Å². The van der Waals surface area contributed by atoms with E-state index in [1.165, 1.54) is 101 Å². The Morgan fingerprint density at radius 1 is 0.810 bits per heavy atom. The van der Waals surface area contributed by atoms with Gasteiger partial charge in [-0.3, -0.25) is 0 Å². The molecular formula is C18H30N2S. The van der Waals surface area contributed by atoms with Crippen LogP contribution in [0.5, 0.6) is 0 Å². The lowest BCUT2D eigenvalue weighted by molar-refractivity contribution is 0.410. The summed E-state index contributed by atoms with van der Waals surface area (Å²) in [5.41, 5.74) is 1.45. The van der Waals surface area contributed by atoms with Gasteiger partial charge in [-0.2, -0.15) is 0 Å². The lowest BCUT2D eigenvalue weighted by Gasteiger charge is -2.21. The number of hydrogen-bond acceptors (Lipinski definition) is 3. The normalized spacial score (nSPS) is 25.6. The number of aryl methyl sites for hydroxylation is 2. The molecule has 1 aromatic rings. The molecule has 1 unspecified atom stereocenters. The zero-order valence-corrected chi connectivity index (χ0v) is 14.1. The van der Waals surface area contributed by atoms with E-state index in [9.17, 15) is 0 Å². The minimum absolute atomic E-state index is 0.548. The van der Waals surface area contributed by atoms with E-state index in [-0.39, 0.29) is 0 Å². The number of nitrogens with zero attached hydrogens (tertiary/aromatic N) is 1. The van der Waals surface area contributed by atoms with Crippen molar-refractivity contribution in [2.75, 3.05) is 6.54 Å². The Morgan fingerprint density at radius 2 is 1.52 bits per heavy atom. The molecular weight excluding hydrogens is 276 g/mol. The van der Waals surface area contributed by atoms with Gasteiger partial charge in [-0.1, -0.05) is 44.9 Å². The standard InChI is InChI=1S/C18H30N2S/c1-2-4-6-8-13-17-15(11-7-5-3-1)20-18(21-17)16-12-9-10-14-19-16/h16,19H,1-14H2. The summed E-state index contributed by atoms with van der Waals surface area (Å²) in [5, 5.41) is 5.05. The smallest absolute Gasteiger partial charge is 0.110 e. The SMILES string of the molecule is C1CCCCCc2sc(C3CCCCN3)nc2CCCC1. The minimum atomic E-state index is 0.548. The molecule has 2 aliphatic rings.